The maximum Gasteiger partial charge on any atom is 0.305 e. The summed E-state index contributed by atoms with van der Waals surface area (Å²) in [6.45, 7) is 5.86. The molecule has 1 amide bonds. The fraction of sp³-hybridized carbons (Fsp3) is 0.429. The fourth-order valence-corrected chi connectivity index (χ4v) is 1.99. The molecule has 0 atom stereocenters. The molecule has 0 heterocycles. The molecular weight excluding hydrogens is 230 g/mol. The number of benzene rings is 1. The van der Waals surface area contributed by atoms with Gasteiger partial charge < -0.3 is 10.0 Å². The highest BCUT2D eigenvalue weighted by Gasteiger charge is 2.18. The van der Waals surface area contributed by atoms with E-state index in [-0.39, 0.29) is 18.9 Å². The maximum absolute atomic E-state index is 12.0. The highest BCUT2D eigenvalue weighted by molar-refractivity contribution is 5.95. The van der Waals surface area contributed by atoms with Crippen LogP contribution in [0.4, 0.5) is 5.69 Å². The monoisotopic (exact) mass is 249 g/mol. The smallest absolute Gasteiger partial charge is 0.305 e. The van der Waals surface area contributed by atoms with Crippen LogP contribution in [-0.4, -0.2) is 23.5 Å². The van der Waals surface area contributed by atoms with Gasteiger partial charge in [-0.2, -0.15) is 0 Å². The molecule has 1 aromatic carbocycles. The number of anilines is 1. The van der Waals surface area contributed by atoms with Crippen LogP contribution in [0.1, 0.15) is 30.9 Å². The summed E-state index contributed by atoms with van der Waals surface area (Å²) in [6, 6.07) is 5.79. The fourth-order valence-electron chi connectivity index (χ4n) is 1.99. The first kappa shape index (κ1) is 14.2. The van der Waals surface area contributed by atoms with Crippen molar-refractivity contribution < 1.29 is 14.7 Å². The van der Waals surface area contributed by atoms with Crippen LogP contribution in [-0.2, 0) is 9.59 Å². The van der Waals surface area contributed by atoms with Gasteiger partial charge in [-0.15, -0.1) is 0 Å². The second-order valence-corrected chi connectivity index (χ2v) is 4.28. The molecule has 1 N–H and O–H groups in total. The molecule has 0 radical (unpaired) electrons. The first-order valence-electron chi connectivity index (χ1n) is 6.05. The minimum atomic E-state index is -0.893. The van der Waals surface area contributed by atoms with Crippen molar-refractivity contribution in [2.75, 3.05) is 11.4 Å². The standard InChI is InChI=1S/C14H19NO3/c1-4-12(16)15(9-8-13(17)18)14-10(2)6-5-7-11(14)3/h5-7H,4,8-9H2,1-3H3,(H,17,18). The number of aryl methyl sites for hydroxylation is 2. The highest BCUT2D eigenvalue weighted by atomic mass is 16.4. The number of aliphatic carboxylic acids is 1. The predicted octanol–water partition coefficient (Wildman–Crippen LogP) is 2.52. The van der Waals surface area contributed by atoms with Crippen LogP contribution in [0.5, 0.6) is 0 Å². The van der Waals surface area contributed by atoms with Gasteiger partial charge in [0.1, 0.15) is 0 Å². The maximum atomic E-state index is 12.0. The third-order valence-corrected chi connectivity index (χ3v) is 2.86. The zero-order valence-corrected chi connectivity index (χ0v) is 11.1. The molecule has 0 saturated carbocycles. The minimum Gasteiger partial charge on any atom is -0.481 e. The van der Waals surface area contributed by atoms with Gasteiger partial charge in [-0.1, -0.05) is 25.1 Å². The normalized spacial score (nSPS) is 10.2. The molecule has 1 aromatic rings. The molecule has 0 saturated heterocycles. The van der Waals surface area contributed by atoms with Crippen molar-refractivity contribution in [1.29, 1.82) is 0 Å². The number of carboxylic acid groups (broad SMARTS) is 1. The Kier molecular flexibility index (Phi) is 4.89. The van der Waals surface area contributed by atoms with Gasteiger partial charge in [-0.3, -0.25) is 9.59 Å². The number of hydrogen-bond donors (Lipinski definition) is 1. The van der Waals surface area contributed by atoms with Gasteiger partial charge in [0.25, 0.3) is 0 Å². The molecule has 4 nitrogen and oxygen atoms in total. The third-order valence-electron chi connectivity index (χ3n) is 2.86. The van der Waals surface area contributed by atoms with E-state index in [1.54, 1.807) is 11.8 Å². The van der Waals surface area contributed by atoms with E-state index in [9.17, 15) is 9.59 Å². The van der Waals surface area contributed by atoms with Gasteiger partial charge in [-0.25, -0.2) is 0 Å². The van der Waals surface area contributed by atoms with Crippen molar-refractivity contribution in [2.24, 2.45) is 0 Å². The predicted molar refractivity (Wildman–Crippen MR) is 70.8 cm³/mol. The van der Waals surface area contributed by atoms with E-state index < -0.39 is 5.97 Å². The van der Waals surface area contributed by atoms with Crippen molar-refractivity contribution in [3.05, 3.63) is 29.3 Å². The van der Waals surface area contributed by atoms with Crippen molar-refractivity contribution in [2.45, 2.75) is 33.6 Å². The number of para-hydroxylation sites is 1. The number of carbonyl (C=O) groups excluding carboxylic acids is 1. The lowest BCUT2D eigenvalue weighted by atomic mass is 10.1. The Bertz CT molecular complexity index is 434. The van der Waals surface area contributed by atoms with Crippen LogP contribution >= 0.6 is 0 Å². The first-order chi connectivity index (χ1) is 8.47. The van der Waals surface area contributed by atoms with Crippen LogP contribution in [0.15, 0.2) is 18.2 Å². The SMILES string of the molecule is CCC(=O)N(CCC(=O)O)c1c(C)cccc1C. The Labute approximate surface area is 107 Å². The van der Waals surface area contributed by atoms with Crippen LogP contribution in [0.3, 0.4) is 0 Å². The van der Waals surface area contributed by atoms with Gasteiger partial charge in [0.15, 0.2) is 0 Å². The summed E-state index contributed by atoms with van der Waals surface area (Å²) in [4.78, 5) is 24.2. The number of rotatable bonds is 5. The van der Waals surface area contributed by atoms with Gasteiger partial charge in [-0.05, 0) is 25.0 Å². The highest BCUT2D eigenvalue weighted by Crippen LogP contribution is 2.25. The molecule has 0 aliphatic heterocycles. The molecule has 0 fully saturated rings. The first-order valence-corrected chi connectivity index (χ1v) is 6.05. The molecule has 0 aromatic heterocycles. The summed E-state index contributed by atoms with van der Waals surface area (Å²) in [5.41, 5.74) is 2.81. The van der Waals surface area contributed by atoms with Crippen molar-refractivity contribution in [3.8, 4) is 0 Å². The van der Waals surface area contributed by atoms with E-state index in [1.807, 2.05) is 32.0 Å². The molecule has 18 heavy (non-hydrogen) atoms. The largest absolute Gasteiger partial charge is 0.481 e. The van der Waals surface area contributed by atoms with Crippen LogP contribution in [0, 0.1) is 13.8 Å². The number of nitrogens with zero attached hydrogens (tertiary/aromatic N) is 1. The molecule has 1 rings (SSSR count). The second kappa shape index (κ2) is 6.19. The molecule has 0 aliphatic rings. The quantitative estimate of drug-likeness (QED) is 0.872. The summed E-state index contributed by atoms with van der Waals surface area (Å²) < 4.78 is 0. The number of hydrogen-bond acceptors (Lipinski definition) is 2. The van der Waals surface area contributed by atoms with Crippen molar-refractivity contribution in [3.63, 3.8) is 0 Å². The van der Waals surface area contributed by atoms with Gasteiger partial charge in [0.05, 0.1) is 6.42 Å². The Balaban J connectivity index is 3.09. The summed E-state index contributed by atoms with van der Waals surface area (Å²) in [7, 11) is 0. The minimum absolute atomic E-state index is 0.0421. The molecule has 98 valence electrons. The van der Waals surface area contributed by atoms with E-state index in [4.69, 9.17) is 5.11 Å². The number of carbonyl (C=O) groups is 2. The third kappa shape index (κ3) is 3.32. The van der Waals surface area contributed by atoms with E-state index >= 15 is 0 Å². The zero-order chi connectivity index (χ0) is 13.7. The summed E-state index contributed by atoms with van der Waals surface area (Å²) in [5, 5.41) is 8.76. The van der Waals surface area contributed by atoms with Crippen LogP contribution in [0.25, 0.3) is 0 Å². The van der Waals surface area contributed by atoms with Gasteiger partial charge in [0, 0.05) is 18.7 Å². The lowest BCUT2D eigenvalue weighted by Crippen LogP contribution is -2.33. The lowest BCUT2D eigenvalue weighted by Gasteiger charge is -2.25. The Morgan fingerprint density at radius 2 is 1.78 bits per heavy atom. The molecule has 0 unspecified atom stereocenters. The van der Waals surface area contributed by atoms with Crippen LogP contribution < -0.4 is 4.90 Å². The molecule has 4 heteroatoms. The molecule has 0 spiro atoms. The van der Waals surface area contributed by atoms with Crippen LogP contribution in [0.2, 0.25) is 0 Å². The number of carboxylic acids is 1. The number of amides is 1. The second-order valence-electron chi connectivity index (χ2n) is 4.28. The van der Waals surface area contributed by atoms with Crippen molar-refractivity contribution >= 4 is 17.6 Å². The van der Waals surface area contributed by atoms with E-state index in [2.05, 4.69) is 0 Å². The van der Waals surface area contributed by atoms with E-state index in [1.165, 1.54) is 0 Å². The Morgan fingerprint density at radius 3 is 2.22 bits per heavy atom. The lowest BCUT2D eigenvalue weighted by molar-refractivity contribution is -0.136. The van der Waals surface area contributed by atoms with Gasteiger partial charge in [0.2, 0.25) is 5.91 Å². The summed E-state index contributed by atoms with van der Waals surface area (Å²) in [5.74, 6) is -0.941. The summed E-state index contributed by atoms with van der Waals surface area (Å²) >= 11 is 0. The molecular formula is C14H19NO3. The summed E-state index contributed by atoms with van der Waals surface area (Å²) in [6.07, 6.45) is 0.326. The van der Waals surface area contributed by atoms with Gasteiger partial charge >= 0.3 is 5.97 Å². The van der Waals surface area contributed by atoms with E-state index in [0.717, 1.165) is 16.8 Å². The van der Waals surface area contributed by atoms with E-state index in [0.29, 0.717) is 6.42 Å². The average molecular weight is 249 g/mol. The molecule has 0 aliphatic carbocycles. The zero-order valence-electron chi connectivity index (χ0n) is 11.1. The Morgan fingerprint density at radius 1 is 1.22 bits per heavy atom. The average Bonchev–Trinajstić information content (AvgIpc) is 2.31. The Hall–Kier alpha value is -1.84. The topological polar surface area (TPSA) is 57.6 Å². The van der Waals surface area contributed by atoms with Crippen molar-refractivity contribution in [1.82, 2.24) is 0 Å². The molecule has 0 bridgehead atoms.